The van der Waals surface area contributed by atoms with Crippen LogP contribution in [-0.4, -0.2) is 29.4 Å². The van der Waals surface area contributed by atoms with E-state index in [4.69, 9.17) is 15.6 Å². The van der Waals surface area contributed by atoms with Gasteiger partial charge in [-0.15, -0.1) is 0 Å². The molecule has 0 radical (unpaired) electrons. The van der Waals surface area contributed by atoms with Crippen LogP contribution in [0.2, 0.25) is 0 Å². The van der Waals surface area contributed by atoms with Gasteiger partial charge >= 0.3 is 6.16 Å². The molecule has 0 fully saturated rings. The van der Waals surface area contributed by atoms with Crippen molar-refractivity contribution in [1.29, 1.82) is 0 Å². The average Bonchev–Trinajstić information content (AvgIpc) is 2.65. The van der Waals surface area contributed by atoms with Crippen LogP contribution < -0.4 is 10.6 Å². The van der Waals surface area contributed by atoms with Crippen LogP contribution in [0, 0.1) is 0 Å². The Balaban J connectivity index is 2.08. The summed E-state index contributed by atoms with van der Waals surface area (Å²) in [5.74, 6) is -0.269. The second kappa shape index (κ2) is 4.24. The van der Waals surface area contributed by atoms with E-state index in [1.807, 2.05) is 18.2 Å². The van der Waals surface area contributed by atoms with Crippen molar-refractivity contribution in [2.45, 2.75) is 31.5 Å². The Bertz CT molecular complexity index is 558. The molecule has 6 nitrogen and oxygen atoms in total. The Morgan fingerprint density at radius 3 is 2.89 bits per heavy atom. The number of nitrogens with zero attached hydrogens (tertiary/aromatic N) is 1. The highest BCUT2D eigenvalue weighted by atomic mass is 16.7. The van der Waals surface area contributed by atoms with E-state index in [-0.39, 0.29) is 5.91 Å². The van der Waals surface area contributed by atoms with Crippen molar-refractivity contribution in [1.82, 2.24) is 0 Å². The molecular formula is C13H14N2O4. The molecule has 19 heavy (non-hydrogen) atoms. The molecule has 1 amide bonds. The Morgan fingerprint density at radius 1 is 1.42 bits per heavy atom. The lowest BCUT2D eigenvalue weighted by molar-refractivity contribution is -0.121. The third-order valence-electron chi connectivity index (χ3n) is 3.64. The van der Waals surface area contributed by atoms with Gasteiger partial charge in [0, 0.05) is 6.42 Å². The topological polar surface area (TPSA) is 92.9 Å². The monoisotopic (exact) mass is 262 g/mol. The molecule has 6 heteroatoms. The third kappa shape index (κ3) is 1.84. The van der Waals surface area contributed by atoms with Crippen molar-refractivity contribution in [3.05, 3.63) is 29.3 Å². The van der Waals surface area contributed by atoms with E-state index in [1.165, 1.54) is 4.90 Å². The van der Waals surface area contributed by atoms with Crippen LogP contribution >= 0.6 is 0 Å². The van der Waals surface area contributed by atoms with Crippen LogP contribution in [-0.2, 0) is 22.4 Å². The molecule has 2 atom stereocenters. The number of hydrogen-bond donors (Lipinski definition) is 2. The summed E-state index contributed by atoms with van der Waals surface area (Å²) in [5.41, 5.74) is 8.59. The third-order valence-corrected chi connectivity index (χ3v) is 3.64. The Kier molecular flexibility index (Phi) is 2.67. The number of anilines is 1. The summed E-state index contributed by atoms with van der Waals surface area (Å²) in [7, 11) is 0. The predicted octanol–water partition coefficient (Wildman–Crippen LogP) is 0.870. The molecule has 2 unspecified atom stereocenters. The van der Waals surface area contributed by atoms with Gasteiger partial charge in [-0.3, -0.25) is 9.69 Å². The van der Waals surface area contributed by atoms with Crippen molar-refractivity contribution in [2.24, 2.45) is 5.73 Å². The van der Waals surface area contributed by atoms with Gasteiger partial charge in [0.1, 0.15) is 0 Å². The molecule has 2 aliphatic heterocycles. The minimum absolute atomic E-state index is 0.269. The molecule has 0 aromatic heterocycles. The molecular weight excluding hydrogens is 248 g/mol. The number of ether oxygens (including phenoxy) is 1. The van der Waals surface area contributed by atoms with Crippen molar-refractivity contribution >= 4 is 17.7 Å². The quantitative estimate of drug-likeness (QED) is 0.732. The fourth-order valence-electron chi connectivity index (χ4n) is 2.82. The number of aryl methyl sites for hydroxylation is 1. The molecule has 0 saturated carbocycles. The van der Waals surface area contributed by atoms with Crippen molar-refractivity contribution < 1.29 is 19.4 Å². The summed E-state index contributed by atoms with van der Waals surface area (Å²) >= 11 is 0. The summed E-state index contributed by atoms with van der Waals surface area (Å²) in [4.78, 5) is 24.5. The van der Waals surface area contributed by atoms with E-state index >= 15 is 0 Å². The zero-order valence-electron chi connectivity index (χ0n) is 10.2. The summed E-state index contributed by atoms with van der Waals surface area (Å²) in [5, 5.41) is 8.78. The van der Waals surface area contributed by atoms with Gasteiger partial charge in [-0.2, -0.15) is 0 Å². The number of benzene rings is 1. The normalized spacial score (nSPS) is 24.9. The second-order valence-electron chi connectivity index (χ2n) is 4.82. The number of hydrogen-bond acceptors (Lipinski definition) is 4. The lowest BCUT2D eigenvalue weighted by Gasteiger charge is -2.25. The summed E-state index contributed by atoms with van der Waals surface area (Å²) < 4.78 is 4.83. The van der Waals surface area contributed by atoms with Crippen LogP contribution in [0.1, 0.15) is 17.5 Å². The van der Waals surface area contributed by atoms with Gasteiger partial charge in [0.25, 0.3) is 0 Å². The van der Waals surface area contributed by atoms with E-state index < -0.39 is 18.4 Å². The molecule has 0 bridgehead atoms. The maximum absolute atomic E-state index is 12.3. The number of carbonyl (C=O) groups is 2. The number of carbonyl (C=O) groups excluding carboxylic acids is 1. The SMILES string of the molecule is NC1CCc2cccc3c2N(C1=O)C(OC(=O)O)C3. The van der Waals surface area contributed by atoms with Crippen molar-refractivity contribution in [3.8, 4) is 0 Å². The van der Waals surface area contributed by atoms with Gasteiger partial charge in [0.15, 0.2) is 6.23 Å². The highest BCUT2D eigenvalue weighted by molar-refractivity contribution is 6.01. The second-order valence-corrected chi connectivity index (χ2v) is 4.82. The Labute approximate surface area is 109 Å². The minimum Gasteiger partial charge on any atom is -0.450 e. The van der Waals surface area contributed by atoms with E-state index in [1.54, 1.807) is 0 Å². The Hall–Kier alpha value is -2.08. The lowest BCUT2D eigenvalue weighted by Crippen LogP contribution is -2.48. The zero-order chi connectivity index (χ0) is 13.6. The van der Waals surface area contributed by atoms with Crippen LogP contribution in [0.4, 0.5) is 10.5 Å². The summed E-state index contributed by atoms with van der Waals surface area (Å²) in [6.45, 7) is 0. The van der Waals surface area contributed by atoms with Gasteiger partial charge in [-0.05, 0) is 24.0 Å². The van der Waals surface area contributed by atoms with E-state index in [0.29, 0.717) is 19.3 Å². The first-order valence-corrected chi connectivity index (χ1v) is 6.17. The standard InChI is InChI=1S/C13H14N2O4/c14-9-5-4-7-2-1-3-8-6-10(19-13(17)18)15(11(7)8)12(9)16/h1-3,9-10H,4-6,14H2,(H,17,18). The first-order chi connectivity index (χ1) is 9.08. The summed E-state index contributed by atoms with van der Waals surface area (Å²) in [6, 6.07) is 5.14. The maximum Gasteiger partial charge on any atom is 0.507 e. The average molecular weight is 262 g/mol. The van der Waals surface area contributed by atoms with Gasteiger partial charge in [-0.1, -0.05) is 18.2 Å². The van der Waals surface area contributed by atoms with Gasteiger partial charge < -0.3 is 15.6 Å². The van der Waals surface area contributed by atoms with Gasteiger partial charge in [0.2, 0.25) is 5.91 Å². The fraction of sp³-hybridized carbons (Fsp3) is 0.385. The lowest BCUT2D eigenvalue weighted by atomic mass is 10.0. The highest BCUT2D eigenvalue weighted by Gasteiger charge is 2.41. The predicted molar refractivity (Wildman–Crippen MR) is 66.8 cm³/mol. The number of rotatable bonds is 1. The molecule has 0 aliphatic carbocycles. The Morgan fingerprint density at radius 2 is 2.16 bits per heavy atom. The minimum atomic E-state index is -1.38. The fourth-order valence-corrected chi connectivity index (χ4v) is 2.82. The van der Waals surface area contributed by atoms with E-state index in [9.17, 15) is 9.59 Å². The van der Waals surface area contributed by atoms with Crippen LogP contribution in [0.3, 0.4) is 0 Å². The van der Waals surface area contributed by atoms with E-state index in [2.05, 4.69) is 0 Å². The van der Waals surface area contributed by atoms with Crippen LogP contribution in [0.25, 0.3) is 0 Å². The molecule has 100 valence electrons. The molecule has 2 aliphatic rings. The number of nitrogens with two attached hydrogens (primary N) is 1. The number of para-hydroxylation sites is 1. The number of amides is 1. The number of carboxylic acid groups (broad SMARTS) is 1. The smallest absolute Gasteiger partial charge is 0.450 e. The summed E-state index contributed by atoms with van der Waals surface area (Å²) in [6.07, 6.45) is -0.526. The van der Waals surface area contributed by atoms with E-state index in [0.717, 1.165) is 16.8 Å². The maximum atomic E-state index is 12.3. The van der Waals surface area contributed by atoms with Gasteiger partial charge in [-0.25, -0.2) is 4.79 Å². The molecule has 2 heterocycles. The van der Waals surface area contributed by atoms with Crippen molar-refractivity contribution in [2.75, 3.05) is 4.90 Å². The first-order valence-electron chi connectivity index (χ1n) is 6.17. The molecule has 0 saturated heterocycles. The molecule has 1 aromatic rings. The molecule has 3 rings (SSSR count). The molecule has 3 N–H and O–H groups in total. The first kappa shape index (κ1) is 12.0. The zero-order valence-corrected chi connectivity index (χ0v) is 10.2. The molecule has 1 aromatic carbocycles. The molecule has 0 spiro atoms. The largest absolute Gasteiger partial charge is 0.507 e. The van der Waals surface area contributed by atoms with Crippen LogP contribution in [0.5, 0.6) is 0 Å². The highest BCUT2D eigenvalue weighted by Crippen LogP contribution is 2.38. The van der Waals surface area contributed by atoms with Crippen LogP contribution in [0.15, 0.2) is 18.2 Å². The van der Waals surface area contributed by atoms with Crippen molar-refractivity contribution in [3.63, 3.8) is 0 Å². The van der Waals surface area contributed by atoms with Gasteiger partial charge in [0.05, 0.1) is 11.7 Å².